The van der Waals surface area contributed by atoms with Gasteiger partial charge in [-0.3, -0.25) is 0 Å². The van der Waals surface area contributed by atoms with Crippen LogP contribution in [0.5, 0.6) is 0 Å². The summed E-state index contributed by atoms with van der Waals surface area (Å²) in [7, 11) is -2.91. The van der Waals surface area contributed by atoms with Gasteiger partial charge in [-0.25, -0.2) is 13.4 Å². The minimum Gasteiger partial charge on any atom is -0.366 e. The Kier molecular flexibility index (Phi) is 4.21. The van der Waals surface area contributed by atoms with Crippen LogP contribution in [0.2, 0.25) is 0 Å². The van der Waals surface area contributed by atoms with Crippen molar-refractivity contribution in [3.63, 3.8) is 0 Å². The highest BCUT2D eigenvalue weighted by molar-refractivity contribution is 7.91. The fourth-order valence-electron chi connectivity index (χ4n) is 2.61. The molecule has 2 N–H and O–H groups in total. The zero-order chi connectivity index (χ0) is 16.4. The van der Waals surface area contributed by atoms with Crippen LogP contribution in [-0.2, 0) is 9.84 Å². The summed E-state index contributed by atoms with van der Waals surface area (Å²) in [5.41, 5.74) is 3.23. The number of sulfone groups is 1. The fraction of sp³-hybridized carbons (Fsp3) is 0.375. The molecule has 1 aliphatic rings. The predicted octanol–water partition coefficient (Wildman–Crippen LogP) is 2.44. The van der Waals surface area contributed by atoms with Gasteiger partial charge in [0.2, 0.25) is 5.95 Å². The van der Waals surface area contributed by atoms with E-state index in [1.165, 1.54) is 0 Å². The molecule has 0 bridgehead atoms. The van der Waals surface area contributed by atoms with Gasteiger partial charge in [-0.15, -0.1) is 0 Å². The highest BCUT2D eigenvalue weighted by Crippen LogP contribution is 2.21. The molecule has 122 valence electrons. The highest BCUT2D eigenvalue weighted by atomic mass is 32.2. The number of nitrogens with zero attached hydrogens (tertiary/aromatic N) is 2. The van der Waals surface area contributed by atoms with Gasteiger partial charge in [0.1, 0.15) is 5.82 Å². The Morgan fingerprint density at radius 2 is 2.04 bits per heavy atom. The van der Waals surface area contributed by atoms with Crippen molar-refractivity contribution in [2.24, 2.45) is 0 Å². The molecule has 1 fully saturated rings. The maximum atomic E-state index is 11.5. The highest BCUT2D eigenvalue weighted by Gasteiger charge is 2.27. The molecule has 0 aliphatic carbocycles. The Balaban J connectivity index is 1.74. The van der Waals surface area contributed by atoms with Crippen molar-refractivity contribution in [2.75, 3.05) is 22.1 Å². The first-order chi connectivity index (χ1) is 10.9. The van der Waals surface area contributed by atoms with Crippen LogP contribution < -0.4 is 10.6 Å². The number of aromatic nitrogens is 2. The van der Waals surface area contributed by atoms with Crippen molar-refractivity contribution in [3.05, 3.63) is 41.6 Å². The lowest BCUT2D eigenvalue weighted by Gasteiger charge is -2.13. The van der Waals surface area contributed by atoms with E-state index >= 15 is 0 Å². The first kappa shape index (κ1) is 15.7. The molecule has 0 saturated carbocycles. The van der Waals surface area contributed by atoms with E-state index in [2.05, 4.69) is 26.7 Å². The average molecular weight is 332 g/mol. The molecule has 1 saturated heterocycles. The van der Waals surface area contributed by atoms with Crippen LogP contribution in [0.15, 0.2) is 30.5 Å². The van der Waals surface area contributed by atoms with Crippen molar-refractivity contribution in [3.8, 4) is 0 Å². The summed E-state index contributed by atoms with van der Waals surface area (Å²) in [4.78, 5) is 8.65. The molecule has 0 radical (unpaired) electrons. The minimum absolute atomic E-state index is 0.0801. The SMILES string of the molecule is Cc1ccc(C)c(Nc2nccc(NC3CCS(=O)(=O)C3)n2)c1. The van der Waals surface area contributed by atoms with Crippen LogP contribution in [0.4, 0.5) is 17.5 Å². The largest absolute Gasteiger partial charge is 0.366 e. The number of rotatable bonds is 4. The van der Waals surface area contributed by atoms with Crippen LogP contribution in [0.1, 0.15) is 17.5 Å². The van der Waals surface area contributed by atoms with E-state index in [9.17, 15) is 8.42 Å². The van der Waals surface area contributed by atoms with Crippen LogP contribution >= 0.6 is 0 Å². The molecule has 2 aromatic rings. The van der Waals surface area contributed by atoms with Crippen LogP contribution in [0.25, 0.3) is 0 Å². The van der Waals surface area contributed by atoms with E-state index < -0.39 is 9.84 Å². The van der Waals surface area contributed by atoms with Crippen LogP contribution in [0.3, 0.4) is 0 Å². The maximum absolute atomic E-state index is 11.5. The molecule has 0 amide bonds. The molecule has 1 aromatic carbocycles. The number of hydrogen-bond acceptors (Lipinski definition) is 6. The van der Waals surface area contributed by atoms with Gasteiger partial charge in [0.05, 0.1) is 11.5 Å². The second-order valence-electron chi connectivity index (χ2n) is 5.95. The second kappa shape index (κ2) is 6.16. The summed E-state index contributed by atoms with van der Waals surface area (Å²) in [6, 6.07) is 7.81. The molecular weight excluding hydrogens is 312 g/mol. The third-order valence-electron chi connectivity index (χ3n) is 3.88. The summed E-state index contributed by atoms with van der Waals surface area (Å²) in [5, 5.41) is 6.39. The fourth-order valence-corrected chi connectivity index (χ4v) is 4.28. The second-order valence-corrected chi connectivity index (χ2v) is 8.18. The van der Waals surface area contributed by atoms with Crippen molar-refractivity contribution < 1.29 is 8.42 Å². The zero-order valence-electron chi connectivity index (χ0n) is 13.2. The van der Waals surface area contributed by atoms with Gasteiger partial charge in [0.25, 0.3) is 0 Å². The third kappa shape index (κ3) is 3.98. The third-order valence-corrected chi connectivity index (χ3v) is 5.65. The van der Waals surface area contributed by atoms with Gasteiger partial charge >= 0.3 is 0 Å². The molecule has 0 spiro atoms. The molecule has 3 rings (SSSR count). The Morgan fingerprint density at radius 3 is 2.78 bits per heavy atom. The lowest BCUT2D eigenvalue weighted by Crippen LogP contribution is -2.21. The van der Waals surface area contributed by atoms with Gasteiger partial charge in [-0.2, -0.15) is 4.98 Å². The molecule has 1 aliphatic heterocycles. The normalized spacial score (nSPS) is 19.5. The van der Waals surface area contributed by atoms with Gasteiger partial charge in [0, 0.05) is 17.9 Å². The number of hydrogen-bond donors (Lipinski definition) is 2. The van der Waals surface area contributed by atoms with Crippen LogP contribution in [0, 0.1) is 13.8 Å². The topological polar surface area (TPSA) is 84.0 Å². The summed E-state index contributed by atoms with van der Waals surface area (Å²) in [6.45, 7) is 4.05. The quantitative estimate of drug-likeness (QED) is 0.894. The Morgan fingerprint density at radius 1 is 1.22 bits per heavy atom. The number of aryl methyl sites for hydroxylation is 2. The van der Waals surface area contributed by atoms with Gasteiger partial charge < -0.3 is 10.6 Å². The van der Waals surface area contributed by atoms with Crippen molar-refractivity contribution in [2.45, 2.75) is 26.3 Å². The van der Waals surface area contributed by atoms with Crippen LogP contribution in [-0.4, -0.2) is 35.9 Å². The van der Waals surface area contributed by atoms with E-state index in [1.807, 2.05) is 26.0 Å². The van der Waals surface area contributed by atoms with Crippen molar-refractivity contribution >= 4 is 27.3 Å². The number of benzene rings is 1. The Bertz CT molecular complexity index is 821. The van der Waals surface area contributed by atoms with Gasteiger partial charge in [-0.05, 0) is 43.5 Å². The number of nitrogens with one attached hydrogen (secondary N) is 2. The Labute approximate surface area is 136 Å². The predicted molar refractivity (Wildman–Crippen MR) is 91.9 cm³/mol. The standard InChI is InChI=1S/C16H20N4O2S/c1-11-3-4-12(2)14(9-11)19-16-17-7-5-15(20-16)18-13-6-8-23(21,22)10-13/h3-5,7,9,13H,6,8,10H2,1-2H3,(H2,17,18,19,20). The van der Waals surface area contributed by atoms with Crippen molar-refractivity contribution in [1.82, 2.24) is 9.97 Å². The number of anilines is 3. The zero-order valence-corrected chi connectivity index (χ0v) is 14.0. The molecule has 1 aromatic heterocycles. The van der Waals surface area contributed by atoms with Crippen molar-refractivity contribution in [1.29, 1.82) is 0 Å². The van der Waals surface area contributed by atoms with E-state index in [-0.39, 0.29) is 17.5 Å². The smallest absolute Gasteiger partial charge is 0.229 e. The van der Waals surface area contributed by atoms with E-state index in [4.69, 9.17) is 0 Å². The maximum Gasteiger partial charge on any atom is 0.229 e. The van der Waals surface area contributed by atoms with Gasteiger partial charge in [-0.1, -0.05) is 12.1 Å². The summed E-state index contributed by atoms with van der Waals surface area (Å²) >= 11 is 0. The molecule has 23 heavy (non-hydrogen) atoms. The summed E-state index contributed by atoms with van der Waals surface area (Å²) < 4.78 is 23.0. The van der Waals surface area contributed by atoms with Gasteiger partial charge in [0.15, 0.2) is 9.84 Å². The Hall–Kier alpha value is -2.15. The minimum atomic E-state index is -2.91. The lowest BCUT2D eigenvalue weighted by atomic mass is 10.1. The van der Waals surface area contributed by atoms with E-state index in [0.717, 1.165) is 16.8 Å². The molecule has 7 heteroatoms. The first-order valence-electron chi connectivity index (χ1n) is 7.55. The molecule has 6 nitrogen and oxygen atoms in total. The molecule has 1 unspecified atom stereocenters. The lowest BCUT2D eigenvalue weighted by molar-refractivity contribution is 0.602. The molecular formula is C16H20N4O2S. The first-order valence-corrected chi connectivity index (χ1v) is 9.38. The van der Waals surface area contributed by atoms with E-state index in [1.54, 1.807) is 12.3 Å². The summed E-state index contributed by atoms with van der Waals surface area (Å²) in [6.07, 6.45) is 2.28. The molecule has 1 atom stereocenters. The monoisotopic (exact) mass is 332 g/mol. The average Bonchev–Trinajstić information content (AvgIpc) is 2.82. The van der Waals surface area contributed by atoms with E-state index in [0.29, 0.717) is 18.2 Å². The molecule has 2 heterocycles. The summed E-state index contributed by atoms with van der Waals surface area (Å²) in [5.74, 6) is 1.53.